The van der Waals surface area contributed by atoms with Crippen molar-refractivity contribution in [2.24, 2.45) is 0 Å². The van der Waals surface area contributed by atoms with E-state index in [4.69, 9.17) is 5.73 Å². The first-order valence-electron chi connectivity index (χ1n) is 5.58. The Morgan fingerprint density at radius 2 is 1.75 bits per heavy atom. The Hall–Kier alpha value is -1.58. The maximum absolute atomic E-state index is 12.7. The molecule has 2 N–H and O–H groups in total. The average Bonchev–Trinajstić information content (AvgIpc) is 2.61. The van der Waals surface area contributed by atoms with Crippen molar-refractivity contribution in [2.75, 3.05) is 5.73 Å². The van der Waals surface area contributed by atoms with Crippen LogP contribution in [-0.4, -0.2) is 9.38 Å². The van der Waals surface area contributed by atoms with Gasteiger partial charge >= 0.3 is 0 Å². The van der Waals surface area contributed by atoms with Crippen LogP contribution in [-0.2, 0) is 0 Å². The van der Waals surface area contributed by atoms with E-state index in [0.29, 0.717) is 11.5 Å². The normalized spacial score (nSPS) is 8.88. The van der Waals surface area contributed by atoms with Gasteiger partial charge in [-0.3, -0.25) is 4.40 Å². The highest BCUT2D eigenvalue weighted by molar-refractivity contribution is 5.51. The number of hydrogen-bond acceptors (Lipinski definition) is 2. The summed E-state index contributed by atoms with van der Waals surface area (Å²) in [5.41, 5.74) is 7.04. The molecule has 0 bridgehead atoms. The smallest absolute Gasteiger partial charge is 0.140 e. The highest BCUT2D eigenvalue weighted by Gasteiger charge is 2.04. The van der Waals surface area contributed by atoms with Crippen LogP contribution >= 0.6 is 0 Å². The van der Waals surface area contributed by atoms with Gasteiger partial charge < -0.3 is 5.73 Å². The zero-order valence-electron chi connectivity index (χ0n) is 10.6. The molecule has 2 aromatic heterocycles. The minimum Gasteiger partial charge on any atom is -0.383 e. The third kappa shape index (κ3) is 2.95. The number of pyridine rings is 1. The molecule has 0 radical (unpaired) electrons. The first-order valence-corrected chi connectivity index (χ1v) is 5.58. The summed E-state index contributed by atoms with van der Waals surface area (Å²) in [6.45, 7) is 9.79. The second-order valence-corrected chi connectivity index (χ2v) is 2.66. The predicted octanol–water partition coefficient (Wildman–Crippen LogP) is 3.42. The number of nitrogens with zero attached hydrogens (tertiary/aromatic N) is 2. The standard InChI is InChI=1S/C8H8FN3.2C2H6/c1-5-8(10)12-4-6(9)2-3-7(12)11-5;2*1-2/h2-4H,10H2,1H3;2*1-2H3. The van der Waals surface area contributed by atoms with Crippen LogP contribution in [0.25, 0.3) is 5.65 Å². The van der Waals surface area contributed by atoms with Crippen LogP contribution in [0.4, 0.5) is 10.2 Å². The van der Waals surface area contributed by atoms with Crippen molar-refractivity contribution < 1.29 is 4.39 Å². The summed E-state index contributed by atoms with van der Waals surface area (Å²) < 4.78 is 14.3. The summed E-state index contributed by atoms with van der Waals surface area (Å²) in [6.07, 6.45) is 1.32. The van der Waals surface area contributed by atoms with E-state index < -0.39 is 0 Å². The van der Waals surface area contributed by atoms with Crippen molar-refractivity contribution in [1.82, 2.24) is 9.38 Å². The molecule has 0 aliphatic rings. The summed E-state index contributed by atoms with van der Waals surface area (Å²) in [4.78, 5) is 4.13. The summed E-state index contributed by atoms with van der Waals surface area (Å²) in [5, 5.41) is 0. The third-order valence-corrected chi connectivity index (χ3v) is 1.80. The quantitative estimate of drug-likeness (QED) is 0.746. The van der Waals surface area contributed by atoms with Crippen molar-refractivity contribution >= 4 is 11.5 Å². The van der Waals surface area contributed by atoms with Crippen LogP contribution < -0.4 is 5.73 Å². The molecule has 0 fully saturated rings. The molecule has 0 saturated heterocycles. The van der Waals surface area contributed by atoms with Gasteiger partial charge in [0, 0.05) is 6.20 Å². The van der Waals surface area contributed by atoms with E-state index >= 15 is 0 Å². The van der Waals surface area contributed by atoms with Crippen molar-refractivity contribution in [3.63, 3.8) is 0 Å². The van der Waals surface area contributed by atoms with Gasteiger partial charge in [0.25, 0.3) is 0 Å². The van der Waals surface area contributed by atoms with Crippen molar-refractivity contribution in [3.8, 4) is 0 Å². The lowest BCUT2D eigenvalue weighted by atomic mass is 10.4. The first kappa shape index (κ1) is 14.4. The molecule has 0 saturated carbocycles. The number of nitrogens with two attached hydrogens (primary N) is 1. The van der Waals surface area contributed by atoms with E-state index in [1.54, 1.807) is 13.0 Å². The van der Waals surface area contributed by atoms with Crippen LogP contribution in [0.1, 0.15) is 33.4 Å². The first-order chi connectivity index (χ1) is 7.68. The second kappa shape index (κ2) is 6.82. The lowest BCUT2D eigenvalue weighted by Crippen LogP contribution is -1.94. The van der Waals surface area contributed by atoms with Crippen LogP contribution in [0, 0.1) is 12.7 Å². The molecular weight excluding hydrogens is 205 g/mol. The molecule has 2 heterocycles. The molecule has 0 aliphatic carbocycles. The topological polar surface area (TPSA) is 43.3 Å². The van der Waals surface area contributed by atoms with Gasteiger partial charge in [0.2, 0.25) is 0 Å². The zero-order valence-corrected chi connectivity index (χ0v) is 10.6. The monoisotopic (exact) mass is 225 g/mol. The van der Waals surface area contributed by atoms with Gasteiger partial charge in [0.1, 0.15) is 17.3 Å². The van der Waals surface area contributed by atoms with Gasteiger partial charge in [-0.1, -0.05) is 27.7 Å². The fourth-order valence-electron chi connectivity index (χ4n) is 1.15. The Morgan fingerprint density at radius 1 is 1.19 bits per heavy atom. The maximum atomic E-state index is 12.7. The fourth-order valence-corrected chi connectivity index (χ4v) is 1.15. The van der Waals surface area contributed by atoms with Crippen molar-refractivity contribution in [3.05, 3.63) is 29.8 Å². The molecule has 0 unspecified atom stereocenters. The minimum atomic E-state index is -0.313. The van der Waals surface area contributed by atoms with E-state index in [1.165, 1.54) is 16.7 Å². The van der Waals surface area contributed by atoms with Gasteiger partial charge in [-0.25, -0.2) is 9.37 Å². The van der Waals surface area contributed by atoms with Crippen LogP contribution in [0.5, 0.6) is 0 Å². The van der Waals surface area contributed by atoms with Gasteiger partial charge in [-0.15, -0.1) is 0 Å². The van der Waals surface area contributed by atoms with Gasteiger partial charge in [-0.2, -0.15) is 0 Å². The molecule has 16 heavy (non-hydrogen) atoms. The lowest BCUT2D eigenvalue weighted by Gasteiger charge is -1.94. The van der Waals surface area contributed by atoms with Crippen LogP contribution in [0.2, 0.25) is 0 Å². The number of halogens is 1. The number of fused-ring (bicyclic) bond motifs is 1. The number of aromatic nitrogens is 2. The van der Waals surface area contributed by atoms with Gasteiger partial charge in [-0.05, 0) is 19.1 Å². The summed E-state index contributed by atoms with van der Waals surface area (Å²) in [7, 11) is 0. The largest absolute Gasteiger partial charge is 0.383 e. The summed E-state index contributed by atoms with van der Waals surface area (Å²) >= 11 is 0. The van der Waals surface area contributed by atoms with Crippen molar-refractivity contribution in [2.45, 2.75) is 34.6 Å². The van der Waals surface area contributed by atoms with Gasteiger partial charge in [0.15, 0.2) is 0 Å². The van der Waals surface area contributed by atoms with E-state index in [1.807, 2.05) is 27.7 Å². The molecule has 0 spiro atoms. The average molecular weight is 225 g/mol. The maximum Gasteiger partial charge on any atom is 0.140 e. The molecule has 90 valence electrons. The lowest BCUT2D eigenvalue weighted by molar-refractivity contribution is 0.619. The number of rotatable bonds is 0. The molecule has 0 aromatic carbocycles. The van der Waals surface area contributed by atoms with Gasteiger partial charge in [0.05, 0.1) is 5.69 Å². The fraction of sp³-hybridized carbons (Fsp3) is 0.417. The Labute approximate surface area is 96.1 Å². The van der Waals surface area contributed by atoms with E-state index in [2.05, 4.69) is 4.98 Å². The number of anilines is 1. The van der Waals surface area contributed by atoms with Crippen LogP contribution in [0.3, 0.4) is 0 Å². The van der Waals surface area contributed by atoms with E-state index in [9.17, 15) is 4.39 Å². The third-order valence-electron chi connectivity index (χ3n) is 1.80. The zero-order chi connectivity index (χ0) is 12.7. The second-order valence-electron chi connectivity index (χ2n) is 2.66. The van der Waals surface area contributed by atoms with Crippen molar-refractivity contribution in [1.29, 1.82) is 0 Å². The highest BCUT2D eigenvalue weighted by atomic mass is 19.1. The summed E-state index contributed by atoms with van der Waals surface area (Å²) in [6, 6.07) is 2.96. The summed E-state index contributed by atoms with van der Waals surface area (Å²) in [5.74, 6) is 0.177. The molecule has 0 atom stereocenters. The number of aryl methyl sites for hydroxylation is 1. The predicted molar refractivity (Wildman–Crippen MR) is 67.0 cm³/mol. The molecular formula is C12H20FN3. The highest BCUT2D eigenvalue weighted by Crippen LogP contribution is 2.13. The molecule has 4 heteroatoms. The van der Waals surface area contributed by atoms with Crippen LogP contribution in [0.15, 0.2) is 18.3 Å². The Morgan fingerprint density at radius 3 is 2.31 bits per heavy atom. The molecule has 2 rings (SSSR count). The number of imidazole rings is 1. The number of nitrogen functional groups attached to an aromatic ring is 1. The Bertz CT molecular complexity index is 435. The number of hydrogen-bond donors (Lipinski definition) is 1. The Kier molecular flexibility index (Phi) is 6.15. The SMILES string of the molecule is CC.CC.Cc1nc2ccc(F)cn2c1N. The molecule has 0 amide bonds. The van der Waals surface area contributed by atoms with E-state index in [-0.39, 0.29) is 5.82 Å². The molecule has 3 nitrogen and oxygen atoms in total. The molecule has 0 aliphatic heterocycles. The Balaban J connectivity index is 0.000000509. The van der Waals surface area contributed by atoms with E-state index in [0.717, 1.165) is 5.69 Å². The molecule has 2 aromatic rings. The minimum absolute atomic E-state index is 0.313.